The lowest BCUT2D eigenvalue weighted by Gasteiger charge is -2.12. The van der Waals surface area contributed by atoms with Crippen molar-refractivity contribution in [1.29, 1.82) is 0 Å². The van der Waals surface area contributed by atoms with Gasteiger partial charge < -0.3 is 15.2 Å². The van der Waals surface area contributed by atoms with Gasteiger partial charge in [-0.2, -0.15) is 9.97 Å². The van der Waals surface area contributed by atoms with Gasteiger partial charge in [-0.15, -0.1) is 0 Å². The first kappa shape index (κ1) is 20.2. The first-order valence-electron chi connectivity index (χ1n) is 9.40. The first-order chi connectivity index (χ1) is 14.0. The van der Waals surface area contributed by atoms with Crippen molar-refractivity contribution in [3.05, 3.63) is 45.4 Å². The van der Waals surface area contributed by atoms with Crippen molar-refractivity contribution in [2.45, 2.75) is 31.7 Å². The molecule has 152 valence electrons. The number of imidazole rings is 1. The smallest absolute Gasteiger partial charge is 0.251 e. The number of hydrogen-bond acceptors (Lipinski definition) is 5. The number of hydrogen-bond donors (Lipinski definition) is 2. The summed E-state index contributed by atoms with van der Waals surface area (Å²) >= 11 is 18.0. The fourth-order valence-electron chi connectivity index (χ4n) is 3.56. The summed E-state index contributed by atoms with van der Waals surface area (Å²) in [6.07, 6.45) is 6.48. The lowest BCUT2D eigenvalue weighted by molar-refractivity contribution is 0.0955. The Kier molecular flexibility index (Phi) is 6.08. The molecule has 0 saturated heterocycles. The average Bonchev–Trinajstić information content (AvgIpc) is 3.36. The zero-order valence-corrected chi connectivity index (χ0v) is 17.7. The Balaban J connectivity index is 1.40. The Morgan fingerprint density at radius 1 is 1.10 bits per heavy atom. The minimum Gasteiger partial charge on any atom is -0.366 e. The van der Waals surface area contributed by atoms with Crippen LogP contribution in [0.4, 0.5) is 5.82 Å². The van der Waals surface area contributed by atoms with Crippen LogP contribution >= 0.6 is 34.8 Å². The van der Waals surface area contributed by atoms with E-state index >= 15 is 0 Å². The topological polar surface area (TPSA) is 84.7 Å². The summed E-state index contributed by atoms with van der Waals surface area (Å²) in [5.41, 5.74) is 1.86. The molecule has 0 radical (unpaired) electrons. The Morgan fingerprint density at radius 2 is 1.90 bits per heavy atom. The second-order valence-corrected chi connectivity index (χ2v) is 8.07. The number of anilines is 1. The maximum absolute atomic E-state index is 12.2. The zero-order valence-electron chi connectivity index (χ0n) is 15.5. The molecule has 0 bridgehead atoms. The number of amides is 1. The Hall–Kier alpha value is -2.09. The van der Waals surface area contributed by atoms with Crippen molar-refractivity contribution in [2.24, 2.45) is 0 Å². The van der Waals surface area contributed by atoms with Crippen LogP contribution in [0.5, 0.6) is 0 Å². The largest absolute Gasteiger partial charge is 0.366 e. The number of halogens is 3. The highest BCUT2D eigenvalue weighted by Gasteiger charge is 2.21. The third-order valence-electron chi connectivity index (χ3n) is 5.00. The van der Waals surface area contributed by atoms with Gasteiger partial charge in [0.1, 0.15) is 0 Å². The van der Waals surface area contributed by atoms with Crippen LogP contribution < -0.4 is 10.6 Å². The maximum atomic E-state index is 12.2. The number of aromatic nitrogens is 4. The molecule has 29 heavy (non-hydrogen) atoms. The van der Waals surface area contributed by atoms with E-state index in [0.717, 1.165) is 18.5 Å². The molecular weight excluding hydrogens is 435 g/mol. The van der Waals surface area contributed by atoms with Crippen molar-refractivity contribution >= 4 is 57.7 Å². The van der Waals surface area contributed by atoms with Crippen molar-refractivity contribution in [1.82, 2.24) is 24.8 Å². The Bertz CT molecular complexity index is 1050. The second-order valence-electron chi connectivity index (χ2n) is 6.92. The molecule has 1 saturated carbocycles. The summed E-state index contributed by atoms with van der Waals surface area (Å²) < 4.78 is 2.09. The van der Waals surface area contributed by atoms with E-state index in [1.165, 1.54) is 18.9 Å². The van der Waals surface area contributed by atoms with Crippen LogP contribution in [-0.4, -0.2) is 38.5 Å². The zero-order chi connectivity index (χ0) is 20.4. The number of carbonyl (C=O) groups excluding carboxylic acids is 1. The van der Waals surface area contributed by atoms with E-state index in [0.29, 0.717) is 46.1 Å². The van der Waals surface area contributed by atoms with Gasteiger partial charge in [0.25, 0.3) is 5.91 Å². The monoisotopic (exact) mass is 452 g/mol. The van der Waals surface area contributed by atoms with Crippen LogP contribution in [0.3, 0.4) is 0 Å². The molecule has 1 amide bonds. The lowest BCUT2D eigenvalue weighted by Crippen LogP contribution is -2.29. The van der Waals surface area contributed by atoms with Crippen LogP contribution in [0.1, 0.15) is 42.1 Å². The van der Waals surface area contributed by atoms with Gasteiger partial charge in [0, 0.05) is 24.7 Å². The Morgan fingerprint density at radius 3 is 2.66 bits per heavy atom. The van der Waals surface area contributed by atoms with E-state index in [-0.39, 0.29) is 11.2 Å². The van der Waals surface area contributed by atoms with E-state index in [1.807, 2.05) is 6.33 Å². The first-order valence-corrected chi connectivity index (χ1v) is 10.5. The summed E-state index contributed by atoms with van der Waals surface area (Å²) in [6, 6.07) is 5.16. The molecule has 10 heteroatoms. The van der Waals surface area contributed by atoms with E-state index in [9.17, 15) is 4.79 Å². The molecule has 0 unspecified atom stereocenters. The SMILES string of the molecule is O=C(NCCNc1nc(Cl)nc2c1ncn2C1CCCC1)c1ccc(Cl)c(Cl)c1. The van der Waals surface area contributed by atoms with Gasteiger partial charge in [0.2, 0.25) is 5.28 Å². The van der Waals surface area contributed by atoms with Gasteiger partial charge in [-0.25, -0.2) is 4.98 Å². The van der Waals surface area contributed by atoms with Gasteiger partial charge in [0.05, 0.1) is 16.4 Å². The van der Waals surface area contributed by atoms with Gasteiger partial charge >= 0.3 is 0 Å². The van der Waals surface area contributed by atoms with Crippen LogP contribution in [0.2, 0.25) is 15.3 Å². The summed E-state index contributed by atoms with van der Waals surface area (Å²) in [4.78, 5) is 25.4. The fourth-order valence-corrected chi connectivity index (χ4v) is 4.02. The highest BCUT2D eigenvalue weighted by atomic mass is 35.5. The van der Waals surface area contributed by atoms with Crippen LogP contribution in [0, 0.1) is 0 Å². The van der Waals surface area contributed by atoms with Crippen LogP contribution in [0.15, 0.2) is 24.5 Å². The van der Waals surface area contributed by atoms with Crippen molar-refractivity contribution in [3.63, 3.8) is 0 Å². The number of fused-ring (bicyclic) bond motifs is 1. The number of nitrogens with one attached hydrogen (secondary N) is 2. The molecule has 1 aromatic carbocycles. The molecule has 4 rings (SSSR count). The van der Waals surface area contributed by atoms with Crippen molar-refractivity contribution < 1.29 is 4.79 Å². The van der Waals surface area contributed by atoms with Gasteiger partial charge in [-0.05, 0) is 42.6 Å². The second kappa shape index (κ2) is 8.73. The van der Waals surface area contributed by atoms with E-state index in [2.05, 4.69) is 30.2 Å². The molecule has 0 atom stereocenters. The Labute approximate surface area is 182 Å². The fraction of sp³-hybridized carbons (Fsp3) is 0.368. The summed E-state index contributed by atoms with van der Waals surface area (Å²) in [5, 5.41) is 6.93. The third kappa shape index (κ3) is 4.42. The summed E-state index contributed by atoms with van der Waals surface area (Å²) in [6.45, 7) is 0.831. The van der Waals surface area contributed by atoms with Crippen molar-refractivity contribution in [3.8, 4) is 0 Å². The van der Waals surface area contributed by atoms with Crippen LogP contribution in [-0.2, 0) is 0 Å². The highest BCUT2D eigenvalue weighted by molar-refractivity contribution is 6.42. The maximum Gasteiger partial charge on any atom is 0.251 e. The molecule has 1 aliphatic rings. The number of carbonyl (C=O) groups is 1. The van der Waals surface area contributed by atoms with Gasteiger partial charge in [0.15, 0.2) is 17.0 Å². The minimum absolute atomic E-state index is 0.166. The van der Waals surface area contributed by atoms with Crippen LogP contribution in [0.25, 0.3) is 11.2 Å². The molecule has 1 aliphatic carbocycles. The van der Waals surface area contributed by atoms with E-state index in [1.54, 1.807) is 12.1 Å². The normalized spacial score (nSPS) is 14.4. The molecular formula is C19H19Cl3N6O. The standard InChI is InChI=1S/C19H19Cl3N6O/c20-13-6-5-11(9-14(13)21)18(29)24-8-7-23-16-15-17(27-19(22)26-16)28(10-25-15)12-3-1-2-4-12/h5-6,9-10,12H,1-4,7-8H2,(H,24,29)(H,23,26,27). The lowest BCUT2D eigenvalue weighted by atomic mass is 10.2. The molecule has 0 spiro atoms. The molecule has 1 fully saturated rings. The van der Waals surface area contributed by atoms with Gasteiger partial charge in [-0.1, -0.05) is 36.0 Å². The predicted molar refractivity (Wildman–Crippen MR) is 115 cm³/mol. The molecule has 2 N–H and O–H groups in total. The van der Waals surface area contributed by atoms with Crippen molar-refractivity contribution in [2.75, 3.05) is 18.4 Å². The summed E-state index contributed by atoms with van der Waals surface area (Å²) in [7, 11) is 0. The predicted octanol–water partition coefficient (Wildman–Crippen LogP) is 4.74. The number of benzene rings is 1. The molecule has 0 aliphatic heterocycles. The summed E-state index contributed by atoms with van der Waals surface area (Å²) in [5.74, 6) is 0.322. The van der Waals surface area contributed by atoms with E-state index in [4.69, 9.17) is 34.8 Å². The number of rotatable bonds is 6. The quantitative estimate of drug-likeness (QED) is 0.416. The molecule has 2 heterocycles. The van der Waals surface area contributed by atoms with Gasteiger partial charge in [-0.3, -0.25) is 4.79 Å². The molecule has 7 nitrogen and oxygen atoms in total. The molecule has 3 aromatic rings. The number of nitrogens with zero attached hydrogens (tertiary/aromatic N) is 4. The third-order valence-corrected chi connectivity index (χ3v) is 5.91. The minimum atomic E-state index is -0.234. The highest BCUT2D eigenvalue weighted by Crippen LogP contribution is 2.32. The van der Waals surface area contributed by atoms with E-state index < -0.39 is 0 Å². The average molecular weight is 454 g/mol. The molecule has 2 aromatic heterocycles.